The number of H-pyrrole nitrogens is 1. The van der Waals surface area contributed by atoms with Gasteiger partial charge in [0, 0.05) is 6.20 Å². The Morgan fingerprint density at radius 1 is 1.44 bits per heavy atom. The number of anilines is 1. The lowest BCUT2D eigenvalue weighted by Crippen LogP contribution is -2.27. The average molecular weight is 250 g/mol. The SMILES string of the molecule is O=C(NCc1ccc(C(=O)O)o1)Nc1cn[nH]c1. The van der Waals surface area contributed by atoms with Crippen molar-refractivity contribution in [1.29, 1.82) is 0 Å². The molecule has 8 nitrogen and oxygen atoms in total. The van der Waals surface area contributed by atoms with E-state index in [4.69, 9.17) is 9.52 Å². The van der Waals surface area contributed by atoms with E-state index in [9.17, 15) is 9.59 Å². The van der Waals surface area contributed by atoms with Gasteiger partial charge in [0.15, 0.2) is 0 Å². The van der Waals surface area contributed by atoms with Gasteiger partial charge in [0.1, 0.15) is 5.76 Å². The Kier molecular flexibility index (Phi) is 3.28. The van der Waals surface area contributed by atoms with Crippen LogP contribution in [0.4, 0.5) is 10.5 Å². The van der Waals surface area contributed by atoms with Gasteiger partial charge in [0.25, 0.3) is 0 Å². The van der Waals surface area contributed by atoms with E-state index in [-0.39, 0.29) is 12.3 Å². The first-order valence-corrected chi connectivity index (χ1v) is 5.01. The summed E-state index contributed by atoms with van der Waals surface area (Å²) in [6.45, 7) is 0.0942. The van der Waals surface area contributed by atoms with E-state index in [1.54, 1.807) is 0 Å². The zero-order chi connectivity index (χ0) is 13.0. The summed E-state index contributed by atoms with van der Waals surface area (Å²) in [5, 5.41) is 19.9. The lowest BCUT2D eigenvalue weighted by atomic mass is 10.4. The van der Waals surface area contributed by atoms with E-state index in [2.05, 4.69) is 20.8 Å². The Bertz CT molecular complexity index is 546. The van der Waals surface area contributed by atoms with Gasteiger partial charge < -0.3 is 20.2 Å². The molecule has 0 aromatic carbocycles. The van der Waals surface area contributed by atoms with Gasteiger partial charge in [-0.15, -0.1) is 0 Å². The predicted octanol–water partition coefficient (Wildman–Crippen LogP) is 1.02. The van der Waals surface area contributed by atoms with Crippen molar-refractivity contribution in [2.75, 3.05) is 5.32 Å². The van der Waals surface area contributed by atoms with Crippen molar-refractivity contribution in [1.82, 2.24) is 15.5 Å². The molecular formula is C10H10N4O4. The summed E-state index contributed by atoms with van der Waals surface area (Å²) in [6, 6.07) is 2.37. The third-order valence-corrected chi connectivity index (χ3v) is 2.05. The molecule has 0 saturated carbocycles. The van der Waals surface area contributed by atoms with Crippen molar-refractivity contribution in [2.45, 2.75) is 6.54 Å². The number of rotatable bonds is 4. The number of nitrogens with zero attached hydrogens (tertiary/aromatic N) is 1. The summed E-state index contributed by atoms with van der Waals surface area (Å²) in [6.07, 6.45) is 2.98. The van der Waals surface area contributed by atoms with Crippen LogP contribution in [0.1, 0.15) is 16.3 Å². The second-order valence-electron chi connectivity index (χ2n) is 3.37. The normalized spacial score (nSPS) is 10.0. The van der Waals surface area contributed by atoms with Crippen LogP contribution in [0, 0.1) is 0 Å². The minimum absolute atomic E-state index is 0.0942. The van der Waals surface area contributed by atoms with Crippen LogP contribution in [-0.4, -0.2) is 27.3 Å². The molecule has 0 atom stereocenters. The van der Waals surface area contributed by atoms with Gasteiger partial charge in [-0.3, -0.25) is 5.10 Å². The maximum absolute atomic E-state index is 11.4. The van der Waals surface area contributed by atoms with Crippen LogP contribution < -0.4 is 10.6 Å². The summed E-state index contributed by atoms with van der Waals surface area (Å²) in [5.41, 5.74) is 0.526. The van der Waals surface area contributed by atoms with Gasteiger partial charge in [-0.1, -0.05) is 0 Å². The molecule has 8 heteroatoms. The first kappa shape index (κ1) is 11.7. The number of carboxylic acids is 1. The topological polar surface area (TPSA) is 120 Å². The number of urea groups is 1. The Hall–Kier alpha value is -2.77. The molecule has 2 aromatic rings. The average Bonchev–Trinajstić information content (AvgIpc) is 2.96. The number of carbonyl (C=O) groups is 2. The minimum atomic E-state index is -1.15. The summed E-state index contributed by atoms with van der Waals surface area (Å²) in [4.78, 5) is 22.0. The van der Waals surface area contributed by atoms with Crippen LogP contribution in [0.3, 0.4) is 0 Å². The van der Waals surface area contributed by atoms with Crippen LogP contribution in [0.2, 0.25) is 0 Å². The van der Waals surface area contributed by atoms with E-state index >= 15 is 0 Å². The van der Waals surface area contributed by atoms with Crippen molar-refractivity contribution in [3.8, 4) is 0 Å². The first-order valence-electron chi connectivity index (χ1n) is 5.01. The van der Waals surface area contributed by atoms with Crippen LogP contribution >= 0.6 is 0 Å². The number of nitrogens with one attached hydrogen (secondary N) is 3. The highest BCUT2D eigenvalue weighted by atomic mass is 16.4. The number of amides is 2. The van der Waals surface area contributed by atoms with E-state index < -0.39 is 12.0 Å². The zero-order valence-electron chi connectivity index (χ0n) is 9.14. The number of aromatic nitrogens is 2. The molecule has 0 bridgehead atoms. The molecule has 2 amide bonds. The van der Waals surface area contributed by atoms with Crippen LogP contribution in [-0.2, 0) is 6.54 Å². The molecule has 0 fully saturated rings. The van der Waals surface area contributed by atoms with Gasteiger partial charge in [0.2, 0.25) is 5.76 Å². The van der Waals surface area contributed by atoms with Crippen molar-refractivity contribution < 1.29 is 19.1 Å². The fourth-order valence-corrected chi connectivity index (χ4v) is 1.25. The van der Waals surface area contributed by atoms with Crippen molar-refractivity contribution in [3.05, 3.63) is 36.0 Å². The Morgan fingerprint density at radius 2 is 2.28 bits per heavy atom. The van der Waals surface area contributed by atoms with Gasteiger partial charge in [0.05, 0.1) is 18.4 Å². The van der Waals surface area contributed by atoms with E-state index in [1.165, 1.54) is 24.5 Å². The number of hydrogen-bond acceptors (Lipinski definition) is 4. The summed E-state index contributed by atoms with van der Waals surface area (Å²) in [5.74, 6) is -0.958. The zero-order valence-corrected chi connectivity index (χ0v) is 9.14. The third-order valence-electron chi connectivity index (χ3n) is 2.05. The number of aromatic carboxylic acids is 1. The molecule has 0 aliphatic heterocycles. The highest BCUT2D eigenvalue weighted by molar-refractivity contribution is 5.88. The molecule has 0 saturated heterocycles. The molecule has 2 rings (SSSR count). The van der Waals surface area contributed by atoms with Crippen molar-refractivity contribution in [3.63, 3.8) is 0 Å². The molecule has 18 heavy (non-hydrogen) atoms. The molecule has 4 N–H and O–H groups in total. The lowest BCUT2D eigenvalue weighted by molar-refractivity contribution is 0.0660. The van der Waals surface area contributed by atoms with Gasteiger partial charge >= 0.3 is 12.0 Å². The van der Waals surface area contributed by atoms with Gasteiger partial charge in [-0.2, -0.15) is 5.10 Å². The number of carboxylic acid groups (broad SMARTS) is 1. The van der Waals surface area contributed by atoms with Crippen LogP contribution in [0.5, 0.6) is 0 Å². The second kappa shape index (κ2) is 5.04. The number of furan rings is 1. The third kappa shape index (κ3) is 2.88. The molecule has 0 aliphatic carbocycles. The highest BCUT2D eigenvalue weighted by Gasteiger charge is 2.09. The smallest absolute Gasteiger partial charge is 0.371 e. The molecular weight excluding hydrogens is 240 g/mol. The van der Waals surface area contributed by atoms with E-state index in [0.29, 0.717) is 11.4 Å². The fourth-order valence-electron chi connectivity index (χ4n) is 1.25. The maximum atomic E-state index is 11.4. The quantitative estimate of drug-likeness (QED) is 0.645. The summed E-state index contributed by atoms with van der Waals surface area (Å²) < 4.78 is 4.97. The predicted molar refractivity (Wildman–Crippen MR) is 60.1 cm³/mol. The number of carbonyl (C=O) groups excluding carboxylic acids is 1. The number of aromatic amines is 1. The largest absolute Gasteiger partial charge is 0.475 e. The van der Waals surface area contributed by atoms with Crippen molar-refractivity contribution >= 4 is 17.7 Å². The lowest BCUT2D eigenvalue weighted by Gasteiger charge is -2.03. The molecule has 0 radical (unpaired) electrons. The molecule has 0 aliphatic rings. The first-order chi connectivity index (χ1) is 8.65. The highest BCUT2D eigenvalue weighted by Crippen LogP contribution is 2.07. The molecule has 2 heterocycles. The molecule has 2 aromatic heterocycles. The van der Waals surface area contributed by atoms with Gasteiger partial charge in [-0.05, 0) is 12.1 Å². The van der Waals surface area contributed by atoms with E-state index in [1.807, 2.05) is 0 Å². The minimum Gasteiger partial charge on any atom is -0.475 e. The molecule has 0 spiro atoms. The molecule has 94 valence electrons. The standard InChI is InChI=1S/C10H10N4O4/c15-9(16)8-2-1-7(18-8)5-11-10(17)14-6-3-12-13-4-6/h1-4H,5H2,(H,12,13)(H,15,16)(H2,11,14,17). The Labute approximate surface area is 101 Å². The van der Waals surface area contributed by atoms with Gasteiger partial charge in [-0.25, -0.2) is 9.59 Å². The van der Waals surface area contributed by atoms with Crippen LogP contribution in [0.15, 0.2) is 28.9 Å². The van der Waals surface area contributed by atoms with Crippen molar-refractivity contribution in [2.24, 2.45) is 0 Å². The summed E-state index contributed by atoms with van der Waals surface area (Å²) in [7, 11) is 0. The van der Waals surface area contributed by atoms with Crippen LogP contribution in [0.25, 0.3) is 0 Å². The second-order valence-corrected chi connectivity index (χ2v) is 3.37. The molecule has 0 unspecified atom stereocenters. The number of hydrogen-bond donors (Lipinski definition) is 4. The Morgan fingerprint density at radius 3 is 2.89 bits per heavy atom. The van der Waals surface area contributed by atoms with E-state index in [0.717, 1.165) is 0 Å². The fraction of sp³-hybridized carbons (Fsp3) is 0.100. The summed E-state index contributed by atoms with van der Waals surface area (Å²) >= 11 is 0. The monoisotopic (exact) mass is 250 g/mol. The maximum Gasteiger partial charge on any atom is 0.371 e. The Balaban J connectivity index is 1.83.